The van der Waals surface area contributed by atoms with Crippen LogP contribution in [0.5, 0.6) is 0 Å². The maximum Gasteiger partial charge on any atom is 0.199 e. The first-order chi connectivity index (χ1) is 7.16. The van der Waals surface area contributed by atoms with Crippen molar-refractivity contribution in [1.82, 2.24) is 25.1 Å². The van der Waals surface area contributed by atoms with E-state index in [1.54, 1.807) is 6.07 Å². The molecule has 2 aromatic rings. The van der Waals surface area contributed by atoms with Gasteiger partial charge in [-0.25, -0.2) is 15.0 Å². The fourth-order valence-electron chi connectivity index (χ4n) is 1.20. The van der Waals surface area contributed by atoms with Gasteiger partial charge in [-0.2, -0.15) is 5.10 Å². The van der Waals surface area contributed by atoms with Crippen molar-refractivity contribution in [2.45, 2.75) is 19.8 Å². The zero-order valence-electron chi connectivity index (χ0n) is 8.60. The number of nitrogens with two attached hydrogens (primary N) is 1. The Hall–Kier alpha value is -1.98. The van der Waals surface area contributed by atoms with Crippen LogP contribution in [0.25, 0.3) is 11.6 Å². The number of nitrogens with zero attached hydrogens (tertiary/aromatic N) is 4. The van der Waals surface area contributed by atoms with Gasteiger partial charge in [0.05, 0.1) is 0 Å². The van der Waals surface area contributed by atoms with Crippen LogP contribution in [-0.4, -0.2) is 25.1 Å². The van der Waals surface area contributed by atoms with Crippen molar-refractivity contribution in [3.05, 3.63) is 18.1 Å². The fourth-order valence-corrected chi connectivity index (χ4v) is 1.20. The van der Waals surface area contributed by atoms with E-state index >= 15 is 0 Å². The summed E-state index contributed by atoms with van der Waals surface area (Å²) in [5, 5.41) is 6.45. The van der Waals surface area contributed by atoms with Crippen LogP contribution in [0.1, 0.15) is 25.5 Å². The molecule has 0 aliphatic carbocycles. The van der Waals surface area contributed by atoms with E-state index in [0.717, 1.165) is 5.69 Å². The SMILES string of the molecule is CC(C)c1cc(N)nc(-c2ncn[nH]2)n1. The number of H-pyrrole nitrogens is 1. The summed E-state index contributed by atoms with van der Waals surface area (Å²) in [6.45, 7) is 4.10. The third kappa shape index (κ3) is 1.93. The monoisotopic (exact) mass is 204 g/mol. The van der Waals surface area contributed by atoms with Crippen molar-refractivity contribution in [2.24, 2.45) is 0 Å². The molecule has 2 heterocycles. The number of anilines is 1. The third-order valence-electron chi connectivity index (χ3n) is 1.98. The molecule has 78 valence electrons. The molecule has 15 heavy (non-hydrogen) atoms. The van der Waals surface area contributed by atoms with Crippen LogP contribution >= 0.6 is 0 Å². The average molecular weight is 204 g/mol. The van der Waals surface area contributed by atoms with E-state index in [-0.39, 0.29) is 0 Å². The molecule has 6 nitrogen and oxygen atoms in total. The van der Waals surface area contributed by atoms with Gasteiger partial charge in [0.25, 0.3) is 0 Å². The van der Waals surface area contributed by atoms with Crippen molar-refractivity contribution >= 4 is 5.82 Å². The molecule has 6 heteroatoms. The Morgan fingerprint density at radius 1 is 1.33 bits per heavy atom. The minimum absolute atomic E-state index is 0.303. The smallest absolute Gasteiger partial charge is 0.199 e. The third-order valence-corrected chi connectivity index (χ3v) is 1.98. The highest BCUT2D eigenvalue weighted by atomic mass is 15.2. The van der Waals surface area contributed by atoms with Gasteiger partial charge in [0.1, 0.15) is 12.1 Å². The van der Waals surface area contributed by atoms with Crippen molar-refractivity contribution in [2.75, 3.05) is 5.73 Å². The molecular formula is C9H12N6. The molecule has 0 radical (unpaired) electrons. The Kier molecular flexibility index (Phi) is 2.32. The molecule has 0 aliphatic heterocycles. The summed E-state index contributed by atoms with van der Waals surface area (Å²) in [7, 11) is 0. The zero-order valence-corrected chi connectivity index (χ0v) is 8.60. The summed E-state index contributed by atoms with van der Waals surface area (Å²) in [4.78, 5) is 12.4. The van der Waals surface area contributed by atoms with Crippen molar-refractivity contribution < 1.29 is 0 Å². The summed E-state index contributed by atoms with van der Waals surface area (Å²) in [6, 6.07) is 1.77. The second kappa shape index (κ2) is 3.64. The number of rotatable bonds is 2. The average Bonchev–Trinajstić information content (AvgIpc) is 2.69. The van der Waals surface area contributed by atoms with Crippen LogP contribution in [-0.2, 0) is 0 Å². The van der Waals surface area contributed by atoms with Crippen LogP contribution in [0.15, 0.2) is 12.4 Å². The standard InChI is InChI=1S/C9H12N6/c1-5(2)6-3-7(10)14-9(13-6)8-11-4-12-15-8/h3-5H,1-2H3,(H2,10,13,14)(H,11,12,15). The molecule has 0 atom stereocenters. The van der Waals surface area contributed by atoms with Gasteiger partial charge >= 0.3 is 0 Å². The Labute approximate surface area is 87.0 Å². The normalized spacial score (nSPS) is 10.9. The van der Waals surface area contributed by atoms with Crippen molar-refractivity contribution in [3.63, 3.8) is 0 Å². The number of hydrogen-bond acceptors (Lipinski definition) is 5. The van der Waals surface area contributed by atoms with Gasteiger partial charge in [-0.05, 0) is 5.92 Å². The maximum atomic E-state index is 5.69. The van der Waals surface area contributed by atoms with Crippen LogP contribution in [0.4, 0.5) is 5.82 Å². The first-order valence-corrected chi connectivity index (χ1v) is 4.67. The summed E-state index contributed by atoms with van der Waals surface area (Å²) in [5.74, 6) is 1.76. The van der Waals surface area contributed by atoms with E-state index < -0.39 is 0 Å². The maximum absolute atomic E-state index is 5.69. The lowest BCUT2D eigenvalue weighted by atomic mass is 10.1. The first-order valence-electron chi connectivity index (χ1n) is 4.67. The van der Waals surface area contributed by atoms with Crippen LogP contribution < -0.4 is 5.73 Å². The molecule has 0 saturated carbocycles. The summed E-state index contributed by atoms with van der Waals surface area (Å²) < 4.78 is 0. The van der Waals surface area contributed by atoms with E-state index in [1.165, 1.54) is 6.33 Å². The van der Waals surface area contributed by atoms with Gasteiger partial charge < -0.3 is 5.73 Å². The molecular weight excluding hydrogens is 192 g/mol. The molecule has 0 spiro atoms. The first kappa shape index (κ1) is 9.57. The highest BCUT2D eigenvalue weighted by Crippen LogP contribution is 2.17. The molecule has 0 aliphatic rings. The summed E-state index contributed by atoms with van der Waals surface area (Å²) in [6.07, 6.45) is 1.41. The molecule has 0 amide bonds. The number of aromatic amines is 1. The lowest BCUT2D eigenvalue weighted by Gasteiger charge is -2.06. The molecule has 0 aromatic carbocycles. The van der Waals surface area contributed by atoms with Crippen LogP contribution in [0, 0.1) is 0 Å². The fraction of sp³-hybridized carbons (Fsp3) is 0.333. The Morgan fingerprint density at radius 3 is 2.73 bits per heavy atom. The molecule has 0 unspecified atom stereocenters. The van der Waals surface area contributed by atoms with E-state index in [4.69, 9.17) is 5.73 Å². The summed E-state index contributed by atoms with van der Waals surface area (Å²) >= 11 is 0. The minimum atomic E-state index is 0.303. The van der Waals surface area contributed by atoms with Gasteiger partial charge in [-0.1, -0.05) is 13.8 Å². The van der Waals surface area contributed by atoms with E-state index in [1.807, 2.05) is 13.8 Å². The lowest BCUT2D eigenvalue weighted by Crippen LogP contribution is -2.02. The van der Waals surface area contributed by atoms with Crippen molar-refractivity contribution in [3.8, 4) is 11.6 Å². The van der Waals surface area contributed by atoms with Gasteiger partial charge in [0, 0.05) is 11.8 Å². The zero-order chi connectivity index (χ0) is 10.8. The molecule has 0 fully saturated rings. The van der Waals surface area contributed by atoms with E-state index in [0.29, 0.717) is 23.4 Å². The second-order valence-electron chi connectivity index (χ2n) is 3.53. The Bertz CT molecular complexity index is 448. The predicted octanol–water partition coefficient (Wildman–Crippen LogP) is 0.967. The predicted molar refractivity (Wildman–Crippen MR) is 55.9 cm³/mol. The van der Waals surface area contributed by atoms with E-state index in [2.05, 4.69) is 25.1 Å². The van der Waals surface area contributed by atoms with Gasteiger partial charge in [-0.15, -0.1) is 0 Å². The highest BCUT2D eigenvalue weighted by Gasteiger charge is 2.09. The second-order valence-corrected chi connectivity index (χ2v) is 3.53. The van der Waals surface area contributed by atoms with Gasteiger partial charge in [-0.3, -0.25) is 5.10 Å². The Morgan fingerprint density at radius 2 is 2.13 bits per heavy atom. The highest BCUT2D eigenvalue weighted by molar-refractivity contribution is 5.47. The number of nitrogens with one attached hydrogen (secondary N) is 1. The number of aromatic nitrogens is 5. The Balaban J connectivity index is 2.49. The lowest BCUT2D eigenvalue weighted by molar-refractivity contribution is 0.816. The van der Waals surface area contributed by atoms with Gasteiger partial charge in [0.2, 0.25) is 0 Å². The summed E-state index contributed by atoms with van der Waals surface area (Å²) in [5.41, 5.74) is 6.59. The van der Waals surface area contributed by atoms with Gasteiger partial charge in [0.15, 0.2) is 11.6 Å². The van der Waals surface area contributed by atoms with Crippen molar-refractivity contribution in [1.29, 1.82) is 0 Å². The van der Waals surface area contributed by atoms with Crippen LogP contribution in [0.3, 0.4) is 0 Å². The molecule has 0 bridgehead atoms. The molecule has 2 rings (SSSR count). The molecule has 0 saturated heterocycles. The largest absolute Gasteiger partial charge is 0.384 e. The topological polar surface area (TPSA) is 93.4 Å². The van der Waals surface area contributed by atoms with E-state index in [9.17, 15) is 0 Å². The quantitative estimate of drug-likeness (QED) is 0.760. The number of hydrogen-bond donors (Lipinski definition) is 2. The number of nitrogen functional groups attached to an aromatic ring is 1. The van der Waals surface area contributed by atoms with Crippen LogP contribution in [0.2, 0.25) is 0 Å². The minimum Gasteiger partial charge on any atom is -0.384 e. The molecule has 3 N–H and O–H groups in total. The molecule has 2 aromatic heterocycles.